The van der Waals surface area contributed by atoms with Crippen LogP contribution in [0.2, 0.25) is 0 Å². The molecule has 0 saturated heterocycles. The Labute approximate surface area is 139 Å². The van der Waals surface area contributed by atoms with Gasteiger partial charge in [-0.15, -0.1) is 0 Å². The largest absolute Gasteiger partial charge is 0.342 e. The lowest BCUT2D eigenvalue weighted by Gasteiger charge is -2.17. The van der Waals surface area contributed by atoms with E-state index < -0.39 is 0 Å². The van der Waals surface area contributed by atoms with Crippen LogP contribution in [0.5, 0.6) is 0 Å². The maximum atomic E-state index is 12.5. The van der Waals surface area contributed by atoms with Gasteiger partial charge in [0.2, 0.25) is 0 Å². The first-order chi connectivity index (χ1) is 11.6. The minimum absolute atomic E-state index is 0.109. The molecule has 1 aromatic carbocycles. The molecule has 0 spiro atoms. The Morgan fingerprint density at radius 3 is 2.92 bits per heavy atom. The van der Waals surface area contributed by atoms with Crippen LogP contribution in [0.25, 0.3) is 10.9 Å². The van der Waals surface area contributed by atoms with Crippen LogP contribution in [0, 0.1) is 6.92 Å². The number of nitrogens with one attached hydrogen (secondary N) is 1. The summed E-state index contributed by atoms with van der Waals surface area (Å²) in [6.45, 7) is 3.39. The van der Waals surface area contributed by atoms with E-state index in [1.54, 1.807) is 36.3 Å². The maximum Gasteiger partial charge on any atom is 0.258 e. The number of amides is 1. The molecule has 1 amide bonds. The summed E-state index contributed by atoms with van der Waals surface area (Å²) in [5, 5.41) is 0.422. The topological polar surface area (TPSA) is 83.9 Å². The summed E-state index contributed by atoms with van der Waals surface area (Å²) in [6.07, 6.45) is 5.89. The van der Waals surface area contributed by atoms with Gasteiger partial charge in [-0.3, -0.25) is 9.59 Å². The van der Waals surface area contributed by atoms with Crippen molar-refractivity contribution in [3.63, 3.8) is 0 Å². The Balaban J connectivity index is 1.68. The summed E-state index contributed by atoms with van der Waals surface area (Å²) in [5.74, 6) is 0.854. The predicted molar refractivity (Wildman–Crippen MR) is 90.9 cm³/mol. The van der Waals surface area contributed by atoms with Crippen LogP contribution >= 0.6 is 0 Å². The summed E-state index contributed by atoms with van der Waals surface area (Å²) >= 11 is 0. The molecule has 2 aromatic heterocycles. The van der Waals surface area contributed by atoms with Gasteiger partial charge in [0.15, 0.2) is 0 Å². The standard InChI is InChI=1S/C17H19N5O2/c1-12-18-6-9-22(12)8-3-7-21(2)17(24)13-4-5-15-14(10-13)16(23)20-11-19-15/h4-6,9-11H,3,7-8H2,1-2H3,(H,19,20,23). The molecule has 0 saturated carbocycles. The molecular weight excluding hydrogens is 306 g/mol. The third-order valence-corrected chi connectivity index (χ3v) is 4.05. The summed E-state index contributed by atoms with van der Waals surface area (Å²) in [7, 11) is 1.76. The zero-order chi connectivity index (χ0) is 17.1. The fourth-order valence-electron chi connectivity index (χ4n) is 2.64. The minimum atomic E-state index is -0.243. The summed E-state index contributed by atoms with van der Waals surface area (Å²) < 4.78 is 2.06. The number of benzene rings is 1. The lowest BCUT2D eigenvalue weighted by Crippen LogP contribution is -2.28. The average Bonchev–Trinajstić information content (AvgIpc) is 2.99. The fraction of sp³-hybridized carbons (Fsp3) is 0.294. The molecule has 24 heavy (non-hydrogen) atoms. The van der Waals surface area contributed by atoms with Gasteiger partial charge in [0.1, 0.15) is 5.82 Å². The van der Waals surface area contributed by atoms with Crippen molar-refractivity contribution in [1.82, 2.24) is 24.4 Å². The summed E-state index contributed by atoms with van der Waals surface area (Å²) in [6, 6.07) is 4.99. The van der Waals surface area contributed by atoms with Crippen LogP contribution in [0.15, 0.2) is 41.7 Å². The number of H-pyrrole nitrogens is 1. The molecule has 0 aliphatic carbocycles. The minimum Gasteiger partial charge on any atom is -0.342 e. The Bertz CT molecular complexity index is 928. The molecule has 2 heterocycles. The smallest absolute Gasteiger partial charge is 0.258 e. The van der Waals surface area contributed by atoms with E-state index in [-0.39, 0.29) is 11.5 Å². The number of hydrogen-bond donors (Lipinski definition) is 1. The van der Waals surface area contributed by atoms with Crippen LogP contribution in [-0.4, -0.2) is 43.9 Å². The number of rotatable bonds is 5. The molecule has 0 bridgehead atoms. The Hall–Kier alpha value is -2.96. The molecule has 1 N–H and O–H groups in total. The van der Waals surface area contributed by atoms with Gasteiger partial charge in [-0.05, 0) is 31.5 Å². The van der Waals surface area contributed by atoms with Crippen LogP contribution < -0.4 is 5.56 Å². The molecule has 0 aliphatic heterocycles. The first-order valence-corrected chi connectivity index (χ1v) is 7.77. The van der Waals surface area contributed by atoms with Gasteiger partial charge >= 0.3 is 0 Å². The Morgan fingerprint density at radius 2 is 2.17 bits per heavy atom. The van der Waals surface area contributed by atoms with Crippen molar-refractivity contribution in [3.05, 3.63) is 58.7 Å². The number of aryl methyl sites for hydroxylation is 2. The van der Waals surface area contributed by atoms with E-state index in [2.05, 4.69) is 19.5 Å². The summed E-state index contributed by atoms with van der Waals surface area (Å²) in [4.78, 5) is 36.8. The molecule has 7 nitrogen and oxygen atoms in total. The van der Waals surface area contributed by atoms with Gasteiger partial charge in [-0.1, -0.05) is 0 Å². The zero-order valence-electron chi connectivity index (χ0n) is 13.7. The van der Waals surface area contributed by atoms with Crippen LogP contribution in [0.1, 0.15) is 22.6 Å². The van der Waals surface area contributed by atoms with Crippen LogP contribution in [0.4, 0.5) is 0 Å². The van der Waals surface area contributed by atoms with E-state index in [1.807, 2.05) is 13.1 Å². The van der Waals surface area contributed by atoms with Crippen molar-refractivity contribution < 1.29 is 4.79 Å². The van der Waals surface area contributed by atoms with Gasteiger partial charge in [-0.2, -0.15) is 0 Å². The zero-order valence-corrected chi connectivity index (χ0v) is 13.7. The molecule has 0 radical (unpaired) electrons. The average molecular weight is 325 g/mol. The molecule has 3 rings (SSSR count). The SMILES string of the molecule is Cc1nccn1CCCN(C)C(=O)c1ccc2nc[nH]c(=O)c2c1. The monoisotopic (exact) mass is 325 g/mol. The van der Waals surface area contributed by atoms with Crippen LogP contribution in [0.3, 0.4) is 0 Å². The van der Waals surface area contributed by atoms with Crippen molar-refractivity contribution in [3.8, 4) is 0 Å². The van der Waals surface area contributed by atoms with Crippen molar-refractivity contribution in [1.29, 1.82) is 0 Å². The molecule has 0 unspecified atom stereocenters. The van der Waals surface area contributed by atoms with E-state index in [0.717, 1.165) is 18.8 Å². The molecule has 0 atom stereocenters. The first kappa shape index (κ1) is 15.9. The summed E-state index contributed by atoms with van der Waals surface area (Å²) in [5.41, 5.74) is 0.823. The van der Waals surface area contributed by atoms with E-state index in [9.17, 15) is 9.59 Å². The van der Waals surface area contributed by atoms with Crippen molar-refractivity contribution in [2.75, 3.05) is 13.6 Å². The second kappa shape index (κ2) is 6.66. The highest BCUT2D eigenvalue weighted by Gasteiger charge is 2.13. The highest BCUT2D eigenvalue weighted by molar-refractivity contribution is 5.97. The van der Waals surface area contributed by atoms with Gasteiger partial charge in [0, 0.05) is 38.1 Å². The number of carbonyl (C=O) groups is 1. The highest BCUT2D eigenvalue weighted by Crippen LogP contribution is 2.11. The lowest BCUT2D eigenvalue weighted by atomic mass is 10.1. The second-order valence-corrected chi connectivity index (χ2v) is 5.71. The third-order valence-electron chi connectivity index (χ3n) is 4.05. The number of carbonyl (C=O) groups excluding carboxylic acids is 1. The maximum absolute atomic E-state index is 12.5. The van der Waals surface area contributed by atoms with Gasteiger partial charge in [0.05, 0.1) is 17.2 Å². The van der Waals surface area contributed by atoms with E-state index in [0.29, 0.717) is 23.0 Å². The molecule has 0 aliphatic rings. The van der Waals surface area contributed by atoms with E-state index in [1.165, 1.54) is 6.33 Å². The quantitative estimate of drug-likeness (QED) is 0.772. The van der Waals surface area contributed by atoms with Crippen molar-refractivity contribution in [2.24, 2.45) is 0 Å². The molecular formula is C17H19N5O2. The van der Waals surface area contributed by atoms with E-state index >= 15 is 0 Å². The second-order valence-electron chi connectivity index (χ2n) is 5.71. The molecule has 124 valence electrons. The molecule has 7 heteroatoms. The van der Waals surface area contributed by atoms with Crippen molar-refractivity contribution >= 4 is 16.8 Å². The number of nitrogens with zero attached hydrogens (tertiary/aromatic N) is 4. The van der Waals surface area contributed by atoms with E-state index in [4.69, 9.17) is 0 Å². The van der Waals surface area contributed by atoms with Crippen LogP contribution in [-0.2, 0) is 6.54 Å². The highest BCUT2D eigenvalue weighted by atomic mass is 16.2. The first-order valence-electron chi connectivity index (χ1n) is 7.77. The number of aromatic nitrogens is 4. The number of hydrogen-bond acceptors (Lipinski definition) is 4. The number of imidazole rings is 1. The fourth-order valence-corrected chi connectivity index (χ4v) is 2.64. The Morgan fingerprint density at radius 1 is 1.33 bits per heavy atom. The number of fused-ring (bicyclic) bond motifs is 1. The molecule has 0 fully saturated rings. The third kappa shape index (κ3) is 3.19. The Kier molecular flexibility index (Phi) is 4.41. The number of aromatic amines is 1. The lowest BCUT2D eigenvalue weighted by molar-refractivity contribution is 0.0792. The predicted octanol–water partition coefficient (Wildman–Crippen LogP) is 1.59. The normalized spacial score (nSPS) is 10.9. The van der Waals surface area contributed by atoms with Gasteiger partial charge in [-0.25, -0.2) is 9.97 Å². The van der Waals surface area contributed by atoms with Gasteiger partial charge < -0.3 is 14.5 Å². The van der Waals surface area contributed by atoms with Crippen molar-refractivity contribution in [2.45, 2.75) is 19.9 Å². The van der Waals surface area contributed by atoms with Gasteiger partial charge in [0.25, 0.3) is 11.5 Å². The molecule has 3 aromatic rings.